The van der Waals surface area contributed by atoms with Crippen molar-refractivity contribution >= 4 is 21.1 Å². The zero-order valence-corrected chi connectivity index (χ0v) is 13.9. The van der Waals surface area contributed by atoms with Gasteiger partial charge in [-0.2, -0.15) is 0 Å². The van der Waals surface area contributed by atoms with Crippen LogP contribution in [-0.2, 0) is 10.0 Å². The molecule has 0 aliphatic heterocycles. The molecule has 0 aliphatic rings. The third-order valence-corrected chi connectivity index (χ3v) is 4.90. The van der Waals surface area contributed by atoms with Gasteiger partial charge in [-0.15, -0.1) is 0 Å². The molecule has 0 saturated carbocycles. The van der Waals surface area contributed by atoms with Gasteiger partial charge in [0.25, 0.3) is 0 Å². The van der Waals surface area contributed by atoms with E-state index in [4.69, 9.17) is 9.56 Å². The van der Waals surface area contributed by atoms with E-state index in [1.165, 1.54) is 12.1 Å². The van der Waals surface area contributed by atoms with Crippen LogP contribution >= 0.6 is 0 Å². The topological polar surface area (TPSA) is 86.2 Å². The third-order valence-electron chi connectivity index (χ3n) is 3.99. The fraction of sp³-hybridized carbons (Fsp3) is 0. The monoisotopic (exact) mass is 350 g/mol. The molecule has 0 bridgehead atoms. The Morgan fingerprint density at radius 2 is 1.64 bits per heavy atom. The third kappa shape index (κ3) is 2.93. The molecule has 2 heterocycles. The molecular formula is C19H14N2O3S. The number of hydrogen-bond acceptors (Lipinski definition) is 4. The summed E-state index contributed by atoms with van der Waals surface area (Å²) >= 11 is 0. The van der Waals surface area contributed by atoms with E-state index >= 15 is 0 Å². The number of primary sulfonamides is 1. The number of pyridine rings is 1. The van der Waals surface area contributed by atoms with Gasteiger partial charge in [0.15, 0.2) is 5.58 Å². The summed E-state index contributed by atoms with van der Waals surface area (Å²) in [6.45, 7) is 0. The van der Waals surface area contributed by atoms with Crippen LogP contribution in [0.25, 0.3) is 33.4 Å². The highest BCUT2D eigenvalue weighted by molar-refractivity contribution is 7.89. The lowest BCUT2D eigenvalue weighted by molar-refractivity contribution is 0.597. The van der Waals surface area contributed by atoms with Crippen LogP contribution in [-0.4, -0.2) is 13.4 Å². The first-order chi connectivity index (χ1) is 12.0. The van der Waals surface area contributed by atoms with Gasteiger partial charge in [0.05, 0.1) is 4.90 Å². The minimum absolute atomic E-state index is 0.0558. The Labute approximate surface area is 144 Å². The summed E-state index contributed by atoms with van der Waals surface area (Å²) in [7, 11) is -3.76. The Kier molecular flexibility index (Phi) is 3.63. The van der Waals surface area contributed by atoms with Crippen molar-refractivity contribution in [1.29, 1.82) is 0 Å². The Morgan fingerprint density at radius 3 is 2.40 bits per heavy atom. The van der Waals surface area contributed by atoms with E-state index in [0.717, 1.165) is 16.7 Å². The second-order valence-corrected chi connectivity index (χ2v) is 7.22. The number of rotatable bonds is 3. The summed E-state index contributed by atoms with van der Waals surface area (Å²) < 4.78 is 28.8. The van der Waals surface area contributed by atoms with Crippen molar-refractivity contribution in [2.45, 2.75) is 4.90 Å². The predicted molar refractivity (Wildman–Crippen MR) is 96.3 cm³/mol. The van der Waals surface area contributed by atoms with Crippen molar-refractivity contribution in [2.75, 3.05) is 0 Å². The lowest BCUT2D eigenvalue weighted by Gasteiger charge is -2.03. The largest absolute Gasteiger partial charge is 0.462 e. The molecule has 2 aromatic carbocycles. The van der Waals surface area contributed by atoms with Crippen molar-refractivity contribution in [1.82, 2.24) is 4.98 Å². The van der Waals surface area contributed by atoms with Crippen LogP contribution in [0.4, 0.5) is 0 Å². The maximum Gasteiger partial charge on any atom is 0.238 e. The Bertz CT molecular complexity index is 1170. The van der Waals surface area contributed by atoms with E-state index in [-0.39, 0.29) is 4.90 Å². The number of fused-ring (bicyclic) bond motifs is 1. The number of nitrogens with two attached hydrogens (primary N) is 1. The molecule has 6 heteroatoms. The van der Waals surface area contributed by atoms with Crippen molar-refractivity contribution < 1.29 is 12.8 Å². The summed E-state index contributed by atoms with van der Waals surface area (Å²) in [4.78, 5) is 4.57. The van der Waals surface area contributed by atoms with E-state index in [1.807, 2.05) is 36.4 Å². The Morgan fingerprint density at radius 1 is 0.880 bits per heavy atom. The van der Waals surface area contributed by atoms with Crippen molar-refractivity contribution in [2.24, 2.45) is 5.14 Å². The summed E-state index contributed by atoms with van der Waals surface area (Å²) in [6, 6.07) is 18.2. The van der Waals surface area contributed by atoms with Gasteiger partial charge in [-0.25, -0.2) is 13.6 Å². The molecule has 0 radical (unpaired) electrons. The zero-order chi connectivity index (χ0) is 17.4. The summed E-state index contributed by atoms with van der Waals surface area (Å²) in [5.74, 6) is 0. The number of furan rings is 1. The fourth-order valence-corrected chi connectivity index (χ4v) is 3.31. The highest BCUT2D eigenvalue weighted by Gasteiger charge is 2.14. The molecule has 0 fully saturated rings. The highest BCUT2D eigenvalue weighted by atomic mass is 32.2. The molecule has 0 aliphatic carbocycles. The van der Waals surface area contributed by atoms with Crippen LogP contribution in [0, 0.1) is 0 Å². The minimum Gasteiger partial charge on any atom is -0.462 e. The van der Waals surface area contributed by atoms with Crippen LogP contribution in [0.5, 0.6) is 0 Å². The molecule has 0 saturated heterocycles. The Hall–Kier alpha value is -2.96. The van der Waals surface area contributed by atoms with Crippen LogP contribution in [0.3, 0.4) is 0 Å². The van der Waals surface area contributed by atoms with Gasteiger partial charge in [-0.1, -0.05) is 42.5 Å². The van der Waals surface area contributed by atoms with Gasteiger partial charge >= 0.3 is 0 Å². The molecule has 4 rings (SSSR count). The van der Waals surface area contributed by atoms with Crippen molar-refractivity contribution in [3.05, 3.63) is 73.1 Å². The van der Waals surface area contributed by atoms with Crippen molar-refractivity contribution in [3.8, 4) is 22.3 Å². The average Bonchev–Trinajstić information content (AvgIpc) is 3.05. The van der Waals surface area contributed by atoms with Crippen LogP contribution in [0.1, 0.15) is 0 Å². The molecule has 4 aromatic rings. The van der Waals surface area contributed by atoms with E-state index < -0.39 is 10.0 Å². The molecule has 2 aromatic heterocycles. The van der Waals surface area contributed by atoms with Gasteiger partial charge in [0, 0.05) is 17.3 Å². The molecule has 0 spiro atoms. The second-order valence-electron chi connectivity index (χ2n) is 5.66. The smallest absolute Gasteiger partial charge is 0.238 e. The first-order valence-corrected chi connectivity index (χ1v) is 9.13. The normalized spacial score (nSPS) is 11.7. The second kappa shape index (κ2) is 5.84. The number of nitrogens with zero attached hydrogens (tertiary/aromatic N) is 1. The molecular weight excluding hydrogens is 336 g/mol. The Balaban J connectivity index is 1.83. The SMILES string of the molecule is NS(=O)(=O)c1cccc(-c2coc3cc(-c4ccccc4)cnc23)c1. The fourth-order valence-electron chi connectivity index (χ4n) is 2.75. The average molecular weight is 350 g/mol. The zero-order valence-electron chi connectivity index (χ0n) is 13.1. The van der Waals surface area contributed by atoms with Crippen LogP contribution in [0.2, 0.25) is 0 Å². The van der Waals surface area contributed by atoms with Gasteiger partial charge < -0.3 is 4.42 Å². The lowest BCUT2D eigenvalue weighted by Crippen LogP contribution is -2.11. The van der Waals surface area contributed by atoms with E-state index in [9.17, 15) is 8.42 Å². The minimum atomic E-state index is -3.76. The summed E-state index contributed by atoms with van der Waals surface area (Å²) in [6.07, 6.45) is 3.36. The predicted octanol–water partition coefficient (Wildman–Crippen LogP) is 3.81. The molecule has 5 nitrogen and oxygen atoms in total. The first kappa shape index (κ1) is 15.6. The standard InChI is InChI=1S/C19H14N2O3S/c20-25(22,23)16-8-4-7-14(9-16)17-12-24-18-10-15(11-21-19(17)18)13-5-2-1-3-6-13/h1-12H,(H2,20,22,23). The summed E-state index contributed by atoms with van der Waals surface area (Å²) in [5.41, 5.74) is 4.72. The quantitative estimate of drug-likeness (QED) is 0.609. The molecule has 0 atom stereocenters. The lowest BCUT2D eigenvalue weighted by atomic mass is 10.1. The number of aromatic nitrogens is 1. The molecule has 25 heavy (non-hydrogen) atoms. The molecule has 0 unspecified atom stereocenters. The van der Waals surface area contributed by atoms with E-state index in [1.54, 1.807) is 24.6 Å². The van der Waals surface area contributed by atoms with Crippen LogP contribution in [0.15, 0.2) is 82.4 Å². The van der Waals surface area contributed by atoms with Crippen LogP contribution < -0.4 is 5.14 Å². The number of hydrogen-bond donors (Lipinski definition) is 1. The van der Waals surface area contributed by atoms with Gasteiger partial charge in [0.2, 0.25) is 10.0 Å². The van der Waals surface area contributed by atoms with E-state index in [2.05, 4.69) is 4.98 Å². The van der Waals surface area contributed by atoms with Gasteiger partial charge in [-0.3, -0.25) is 4.98 Å². The van der Waals surface area contributed by atoms with E-state index in [0.29, 0.717) is 16.7 Å². The maximum atomic E-state index is 11.6. The first-order valence-electron chi connectivity index (χ1n) is 7.58. The highest BCUT2D eigenvalue weighted by Crippen LogP contribution is 2.32. The maximum absolute atomic E-state index is 11.6. The van der Waals surface area contributed by atoms with Gasteiger partial charge in [-0.05, 0) is 29.3 Å². The number of sulfonamides is 1. The number of benzene rings is 2. The molecule has 0 amide bonds. The summed E-state index contributed by atoms with van der Waals surface area (Å²) in [5, 5.41) is 5.21. The molecule has 2 N–H and O–H groups in total. The molecule has 124 valence electrons. The van der Waals surface area contributed by atoms with Gasteiger partial charge in [0.1, 0.15) is 11.8 Å². The van der Waals surface area contributed by atoms with Crippen molar-refractivity contribution in [3.63, 3.8) is 0 Å².